The van der Waals surface area contributed by atoms with Gasteiger partial charge in [0.1, 0.15) is 12.2 Å². The van der Waals surface area contributed by atoms with Gasteiger partial charge in [-0.2, -0.15) is 0 Å². The second kappa shape index (κ2) is 10.1. The SMILES string of the molecule is CCCCOc1c(N)cccc1C(=O)OCCN(CC)CC. The van der Waals surface area contributed by atoms with E-state index < -0.39 is 0 Å². The Labute approximate surface area is 133 Å². The first-order valence-corrected chi connectivity index (χ1v) is 8.04. The van der Waals surface area contributed by atoms with Crippen LogP contribution in [0.3, 0.4) is 0 Å². The van der Waals surface area contributed by atoms with Crippen molar-refractivity contribution in [2.24, 2.45) is 0 Å². The van der Waals surface area contributed by atoms with Crippen LogP contribution in [0.5, 0.6) is 5.75 Å². The Balaban J connectivity index is 2.65. The number of unbranched alkanes of at least 4 members (excludes halogenated alkanes) is 1. The molecule has 0 atom stereocenters. The van der Waals surface area contributed by atoms with Gasteiger partial charge in [0.2, 0.25) is 0 Å². The maximum Gasteiger partial charge on any atom is 0.342 e. The van der Waals surface area contributed by atoms with Crippen LogP contribution in [-0.2, 0) is 4.74 Å². The zero-order chi connectivity index (χ0) is 16.4. The number of carbonyl (C=O) groups is 1. The van der Waals surface area contributed by atoms with E-state index in [-0.39, 0.29) is 5.97 Å². The van der Waals surface area contributed by atoms with Crippen LogP contribution in [-0.4, -0.2) is 43.7 Å². The van der Waals surface area contributed by atoms with E-state index in [1.807, 2.05) is 0 Å². The molecule has 0 fully saturated rings. The summed E-state index contributed by atoms with van der Waals surface area (Å²) in [5.74, 6) is 0.0507. The van der Waals surface area contributed by atoms with Gasteiger partial charge in [0.05, 0.1) is 12.3 Å². The molecule has 5 nitrogen and oxygen atoms in total. The summed E-state index contributed by atoms with van der Waals surface area (Å²) < 4.78 is 11.0. The number of nitrogens with zero attached hydrogens (tertiary/aromatic N) is 1. The van der Waals surface area contributed by atoms with E-state index in [1.165, 1.54) is 0 Å². The number of hydrogen-bond acceptors (Lipinski definition) is 5. The van der Waals surface area contributed by atoms with Gasteiger partial charge < -0.3 is 20.1 Å². The predicted octanol–water partition coefficient (Wildman–Crippen LogP) is 2.95. The smallest absolute Gasteiger partial charge is 0.342 e. The van der Waals surface area contributed by atoms with Crippen LogP contribution in [0.1, 0.15) is 44.0 Å². The quantitative estimate of drug-likeness (QED) is 0.409. The molecule has 22 heavy (non-hydrogen) atoms. The van der Waals surface area contributed by atoms with E-state index in [1.54, 1.807) is 18.2 Å². The van der Waals surface area contributed by atoms with Gasteiger partial charge in [0.15, 0.2) is 5.75 Å². The molecule has 0 spiro atoms. The molecular formula is C17H28N2O3. The molecule has 0 aliphatic rings. The van der Waals surface area contributed by atoms with Gasteiger partial charge >= 0.3 is 5.97 Å². The Morgan fingerprint density at radius 1 is 1.18 bits per heavy atom. The Hall–Kier alpha value is -1.75. The molecule has 0 unspecified atom stereocenters. The first-order chi connectivity index (χ1) is 10.6. The predicted molar refractivity (Wildman–Crippen MR) is 89.3 cm³/mol. The number of nitrogen functional groups attached to an aromatic ring is 1. The second-order valence-corrected chi connectivity index (χ2v) is 5.09. The lowest BCUT2D eigenvalue weighted by molar-refractivity contribution is 0.0462. The minimum atomic E-state index is -0.383. The van der Waals surface area contributed by atoms with Crippen LogP contribution < -0.4 is 10.5 Å². The summed E-state index contributed by atoms with van der Waals surface area (Å²) in [6, 6.07) is 5.16. The zero-order valence-corrected chi connectivity index (χ0v) is 13.9. The Morgan fingerprint density at radius 3 is 2.55 bits per heavy atom. The number of rotatable bonds is 10. The fourth-order valence-electron chi connectivity index (χ4n) is 2.08. The maximum atomic E-state index is 12.2. The summed E-state index contributed by atoms with van der Waals surface area (Å²) in [7, 11) is 0. The van der Waals surface area contributed by atoms with Gasteiger partial charge in [-0.1, -0.05) is 33.3 Å². The van der Waals surface area contributed by atoms with Gasteiger partial charge in [-0.3, -0.25) is 0 Å². The number of carbonyl (C=O) groups excluding carboxylic acids is 1. The highest BCUT2D eigenvalue weighted by molar-refractivity contribution is 5.94. The maximum absolute atomic E-state index is 12.2. The average Bonchev–Trinajstić information content (AvgIpc) is 2.53. The van der Waals surface area contributed by atoms with Crippen molar-refractivity contribution in [3.05, 3.63) is 23.8 Å². The molecule has 0 aliphatic carbocycles. The van der Waals surface area contributed by atoms with Crippen molar-refractivity contribution in [2.75, 3.05) is 38.6 Å². The van der Waals surface area contributed by atoms with Crippen molar-refractivity contribution in [1.82, 2.24) is 4.90 Å². The molecule has 0 amide bonds. The van der Waals surface area contributed by atoms with Gasteiger partial charge in [-0.15, -0.1) is 0 Å². The molecular weight excluding hydrogens is 280 g/mol. The topological polar surface area (TPSA) is 64.8 Å². The van der Waals surface area contributed by atoms with Crippen molar-refractivity contribution >= 4 is 11.7 Å². The Morgan fingerprint density at radius 2 is 1.91 bits per heavy atom. The fraction of sp³-hybridized carbons (Fsp3) is 0.588. The van der Waals surface area contributed by atoms with Gasteiger partial charge in [0, 0.05) is 6.54 Å². The molecule has 0 radical (unpaired) electrons. The highest BCUT2D eigenvalue weighted by atomic mass is 16.5. The third kappa shape index (κ3) is 5.56. The van der Waals surface area contributed by atoms with Crippen molar-refractivity contribution in [2.45, 2.75) is 33.6 Å². The van der Waals surface area contributed by atoms with Gasteiger partial charge in [0.25, 0.3) is 0 Å². The second-order valence-electron chi connectivity index (χ2n) is 5.09. The molecule has 0 aliphatic heterocycles. The minimum Gasteiger partial charge on any atom is -0.491 e. The first kappa shape index (κ1) is 18.3. The normalized spacial score (nSPS) is 10.7. The number of anilines is 1. The van der Waals surface area contributed by atoms with Crippen LogP contribution in [0, 0.1) is 0 Å². The lowest BCUT2D eigenvalue weighted by Gasteiger charge is -2.18. The lowest BCUT2D eigenvalue weighted by Crippen LogP contribution is -2.28. The van der Waals surface area contributed by atoms with Gasteiger partial charge in [-0.05, 0) is 31.6 Å². The summed E-state index contributed by atoms with van der Waals surface area (Å²) in [5, 5.41) is 0. The number of nitrogens with two attached hydrogens (primary N) is 1. The summed E-state index contributed by atoms with van der Waals surface area (Å²) in [6.45, 7) is 9.78. The van der Waals surface area contributed by atoms with Crippen LogP contribution >= 0.6 is 0 Å². The number of para-hydroxylation sites is 1. The van der Waals surface area contributed by atoms with Crippen LogP contribution in [0.15, 0.2) is 18.2 Å². The molecule has 0 heterocycles. The van der Waals surface area contributed by atoms with Crippen molar-refractivity contribution in [3.8, 4) is 5.75 Å². The number of ether oxygens (including phenoxy) is 2. The number of hydrogen-bond donors (Lipinski definition) is 1. The fourth-order valence-corrected chi connectivity index (χ4v) is 2.08. The Kier molecular flexibility index (Phi) is 8.36. The molecule has 0 saturated carbocycles. The minimum absolute atomic E-state index is 0.365. The van der Waals surface area contributed by atoms with E-state index in [9.17, 15) is 4.79 Å². The molecule has 0 bridgehead atoms. The van der Waals surface area contributed by atoms with Crippen molar-refractivity contribution in [3.63, 3.8) is 0 Å². The van der Waals surface area contributed by atoms with E-state index in [4.69, 9.17) is 15.2 Å². The number of likely N-dealkylation sites (N-methyl/N-ethyl adjacent to an activating group) is 1. The molecule has 2 N–H and O–H groups in total. The third-order valence-electron chi connectivity index (χ3n) is 3.54. The monoisotopic (exact) mass is 308 g/mol. The molecule has 124 valence electrons. The van der Waals surface area contributed by atoms with Crippen LogP contribution in [0.2, 0.25) is 0 Å². The largest absolute Gasteiger partial charge is 0.491 e. The van der Waals surface area contributed by atoms with Gasteiger partial charge in [-0.25, -0.2) is 4.79 Å². The van der Waals surface area contributed by atoms with E-state index in [0.717, 1.165) is 32.5 Å². The van der Waals surface area contributed by atoms with E-state index >= 15 is 0 Å². The van der Waals surface area contributed by atoms with Crippen LogP contribution in [0.4, 0.5) is 5.69 Å². The Bertz CT molecular complexity index is 459. The molecule has 1 aromatic carbocycles. The lowest BCUT2D eigenvalue weighted by atomic mass is 10.1. The van der Waals surface area contributed by atoms with E-state index in [0.29, 0.717) is 30.2 Å². The molecule has 5 heteroatoms. The van der Waals surface area contributed by atoms with Crippen molar-refractivity contribution in [1.29, 1.82) is 0 Å². The van der Waals surface area contributed by atoms with Crippen molar-refractivity contribution < 1.29 is 14.3 Å². The highest BCUT2D eigenvalue weighted by Gasteiger charge is 2.16. The average molecular weight is 308 g/mol. The summed E-state index contributed by atoms with van der Waals surface area (Å²) in [4.78, 5) is 14.4. The molecule has 0 aromatic heterocycles. The molecule has 1 rings (SSSR count). The zero-order valence-electron chi connectivity index (χ0n) is 13.9. The first-order valence-electron chi connectivity index (χ1n) is 8.04. The molecule has 0 saturated heterocycles. The third-order valence-corrected chi connectivity index (χ3v) is 3.54. The molecule has 1 aromatic rings. The number of benzene rings is 1. The van der Waals surface area contributed by atoms with E-state index in [2.05, 4.69) is 25.7 Å². The summed E-state index contributed by atoms with van der Waals surface area (Å²) >= 11 is 0. The summed E-state index contributed by atoms with van der Waals surface area (Å²) in [6.07, 6.45) is 1.95. The van der Waals surface area contributed by atoms with Crippen LogP contribution in [0.25, 0.3) is 0 Å². The number of esters is 1. The summed E-state index contributed by atoms with van der Waals surface area (Å²) in [5.41, 5.74) is 6.79. The highest BCUT2D eigenvalue weighted by Crippen LogP contribution is 2.27. The standard InChI is InChI=1S/C17H28N2O3/c1-4-7-12-21-16-14(9-8-10-15(16)18)17(20)22-13-11-19(5-2)6-3/h8-10H,4-7,11-13,18H2,1-3H3.